The topological polar surface area (TPSA) is 105 Å². The van der Waals surface area contributed by atoms with Crippen LogP contribution in [0.4, 0.5) is 0 Å². The lowest BCUT2D eigenvalue weighted by molar-refractivity contribution is -0.260. The molecule has 1 aliphatic heterocycles. The van der Waals surface area contributed by atoms with Crippen molar-refractivity contribution in [1.82, 2.24) is 0 Å². The number of esters is 4. The van der Waals surface area contributed by atoms with Crippen LogP contribution in [0.25, 0.3) is 0 Å². The highest BCUT2D eigenvalue weighted by Crippen LogP contribution is 2.30. The lowest BCUT2D eigenvalue weighted by atomic mass is 10.1. The minimum absolute atomic E-state index is 0.0278. The standard InChI is InChI=1S/C15H16O8/c1-4-11(16)21-10-8-7-9-20-14(19)15(10,22-12(17)5-2)23-13(18)6-3/h4-6,10H,1-3,7-9H2. The van der Waals surface area contributed by atoms with Gasteiger partial charge in [0.25, 0.3) is 0 Å². The first kappa shape index (κ1) is 18.1. The van der Waals surface area contributed by atoms with Crippen molar-refractivity contribution < 1.29 is 38.1 Å². The lowest BCUT2D eigenvalue weighted by Crippen LogP contribution is -2.57. The van der Waals surface area contributed by atoms with Gasteiger partial charge in [0.1, 0.15) is 0 Å². The van der Waals surface area contributed by atoms with Crippen molar-refractivity contribution in [3.63, 3.8) is 0 Å². The first-order chi connectivity index (χ1) is 10.9. The highest BCUT2D eigenvalue weighted by Gasteiger charge is 2.58. The zero-order valence-corrected chi connectivity index (χ0v) is 12.3. The van der Waals surface area contributed by atoms with Gasteiger partial charge < -0.3 is 18.9 Å². The summed E-state index contributed by atoms with van der Waals surface area (Å²) in [6.45, 7) is 9.60. The zero-order chi connectivity index (χ0) is 17.5. The normalized spacial score (nSPS) is 19.3. The van der Waals surface area contributed by atoms with Crippen LogP contribution in [0.2, 0.25) is 0 Å². The van der Waals surface area contributed by atoms with Gasteiger partial charge in [-0.3, -0.25) is 0 Å². The molecule has 0 radical (unpaired) electrons. The van der Waals surface area contributed by atoms with Crippen LogP contribution in [0, 0.1) is 0 Å². The summed E-state index contributed by atoms with van der Waals surface area (Å²) in [5, 5.41) is 0. The second kappa shape index (κ2) is 7.92. The predicted molar refractivity (Wildman–Crippen MR) is 75.6 cm³/mol. The van der Waals surface area contributed by atoms with Crippen LogP contribution >= 0.6 is 0 Å². The van der Waals surface area contributed by atoms with Gasteiger partial charge in [0.2, 0.25) is 0 Å². The van der Waals surface area contributed by atoms with Crippen molar-refractivity contribution in [3.05, 3.63) is 38.0 Å². The molecule has 0 N–H and O–H groups in total. The Morgan fingerprint density at radius 2 is 1.57 bits per heavy atom. The van der Waals surface area contributed by atoms with Crippen LogP contribution in [-0.2, 0) is 38.1 Å². The van der Waals surface area contributed by atoms with E-state index >= 15 is 0 Å². The maximum Gasteiger partial charge on any atom is 0.397 e. The Morgan fingerprint density at radius 3 is 2.04 bits per heavy atom. The molecule has 1 unspecified atom stereocenters. The minimum atomic E-state index is -2.58. The Labute approximate surface area is 132 Å². The van der Waals surface area contributed by atoms with E-state index in [9.17, 15) is 19.2 Å². The fourth-order valence-electron chi connectivity index (χ4n) is 1.80. The summed E-state index contributed by atoms with van der Waals surface area (Å²) in [6, 6.07) is 0. The van der Waals surface area contributed by atoms with Gasteiger partial charge in [-0.15, -0.1) is 0 Å². The Balaban J connectivity index is 3.33. The Bertz CT molecular complexity index is 526. The molecule has 1 fully saturated rings. The number of cyclic esters (lactones) is 1. The third kappa shape index (κ3) is 4.29. The molecular weight excluding hydrogens is 308 g/mol. The van der Waals surface area contributed by atoms with Gasteiger partial charge >= 0.3 is 29.7 Å². The Morgan fingerprint density at radius 1 is 1.04 bits per heavy atom. The second-order valence-electron chi connectivity index (χ2n) is 4.33. The van der Waals surface area contributed by atoms with E-state index in [1.165, 1.54) is 0 Å². The quantitative estimate of drug-likeness (QED) is 0.302. The maximum atomic E-state index is 12.3. The van der Waals surface area contributed by atoms with E-state index in [4.69, 9.17) is 18.9 Å². The van der Waals surface area contributed by atoms with Crippen molar-refractivity contribution >= 4 is 23.9 Å². The average Bonchev–Trinajstić information content (AvgIpc) is 2.68. The molecule has 1 rings (SSSR count). The first-order valence-electron chi connectivity index (χ1n) is 6.60. The number of hydrogen-bond donors (Lipinski definition) is 0. The third-order valence-corrected chi connectivity index (χ3v) is 2.82. The van der Waals surface area contributed by atoms with Crippen LogP contribution in [-0.4, -0.2) is 42.4 Å². The molecule has 0 aromatic heterocycles. The molecule has 8 heteroatoms. The SMILES string of the molecule is C=CC(=O)OC1CCCOC(=O)C1(OC(=O)C=C)OC(=O)C=C. The number of carbonyl (C=O) groups excluding carboxylic acids is 4. The molecule has 0 amide bonds. The number of hydrogen-bond acceptors (Lipinski definition) is 8. The fraction of sp³-hybridized carbons (Fsp3) is 0.333. The Kier molecular flexibility index (Phi) is 6.25. The van der Waals surface area contributed by atoms with E-state index in [1.807, 2.05) is 0 Å². The van der Waals surface area contributed by atoms with Gasteiger partial charge in [0.05, 0.1) is 6.61 Å². The molecule has 124 valence electrons. The van der Waals surface area contributed by atoms with E-state index in [1.54, 1.807) is 0 Å². The van der Waals surface area contributed by atoms with Crippen LogP contribution in [0.3, 0.4) is 0 Å². The first-order valence-corrected chi connectivity index (χ1v) is 6.60. The molecule has 0 aromatic rings. The Hall–Kier alpha value is -2.90. The molecule has 0 bridgehead atoms. The van der Waals surface area contributed by atoms with E-state index in [0.29, 0.717) is 6.42 Å². The summed E-state index contributed by atoms with van der Waals surface area (Å²) in [6.07, 6.45) is 1.30. The van der Waals surface area contributed by atoms with Gasteiger partial charge in [-0.05, 0) is 12.8 Å². The van der Waals surface area contributed by atoms with E-state index in [-0.39, 0.29) is 13.0 Å². The number of ether oxygens (including phenoxy) is 4. The van der Waals surface area contributed by atoms with Gasteiger partial charge in [-0.25, -0.2) is 19.2 Å². The van der Waals surface area contributed by atoms with Crippen molar-refractivity contribution in [2.45, 2.75) is 24.7 Å². The molecular formula is C15H16O8. The van der Waals surface area contributed by atoms with Gasteiger partial charge in [-0.2, -0.15) is 0 Å². The molecule has 1 saturated heterocycles. The van der Waals surface area contributed by atoms with E-state index in [0.717, 1.165) is 18.2 Å². The van der Waals surface area contributed by atoms with Crippen molar-refractivity contribution in [1.29, 1.82) is 0 Å². The van der Waals surface area contributed by atoms with E-state index in [2.05, 4.69) is 19.7 Å². The predicted octanol–water partition coefficient (Wildman–Crippen LogP) is 0.576. The third-order valence-electron chi connectivity index (χ3n) is 2.82. The molecule has 0 aromatic carbocycles. The van der Waals surface area contributed by atoms with Crippen LogP contribution < -0.4 is 0 Å². The molecule has 23 heavy (non-hydrogen) atoms. The minimum Gasteiger partial charge on any atom is -0.460 e. The summed E-state index contributed by atoms with van der Waals surface area (Å²) in [5.74, 6) is -6.78. The van der Waals surface area contributed by atoms with Gasteiger partial charge in [-0.1, -0.05) is 19.7 Å². The second-order valence-corrected chi connectivity index (χ2v) is 4.33. The molecule has 1 atom stereocenters. The van der Waals surface area contributed by atoms with Gasteiger partial charge in [0.15, 0.2) is 6.10 Å². The molecule has 0 saturated carbocycles. The molecule has 0 spiro atoms. The monoisotopic (exact) mass is 324 g/mol. The summed E-state index contributed by atoms with van der Waals surface area (Å²) < 4.78 is 19.7. The summed E-state index contributed by atoms with van der Waals surface area (Å²) in [7, 11) is 0. The largest absolute Gasteiger partial charge is 0.460 e. The van der Waals surface area contributed by atoms with Crippen LogP contribution in [0.15, 0.2) is 38.0 Å². The van der Waals surface area contributed by atoms with Crippen molar-refractivity contribution in [2.75, 3.05) is 6.61 Å². The lowest BCUT2D eigenvalue weighted by Gasteiger charge is -2.33. The maximum absolute atomic E-state index is 12.3. The van der Waals surface area contributed by atoms with Gasteiger partial charge in [0, 0.05) is 18.2 Å². The molecule has 1 aliphatic rings. The zero-order valence-electron chi connectivity index (χ0n) is 12.3. The summed E-state index contributed by atoms with van der Waals surface area (Å²) in [4.78, 5) is 46.9. The molecule has 0 aliphatic carbocycles. The number of carbonyl (C=O) groups is 4. The molecule has 8 nitrogen and oxygen atoms in total. The van der Waals surface area contributed by atoms with E-state index < -0.39 is 35.8 Å². The highest BCUT2D eigenvalue weighted by molar-refractivity contribution is 5.91. The van der Waals surface area contributed by atoms with Crippen LogP contribution in [0.1, 0.15) is 12.8 Å². The summed E-state index contributed by atoms with van der Waals surface area (Å²) in [5.41, 5.74) is 0. The average molecular weight is 324 g/mol. The van der Waals surface area contributed by atoms with Crippen LogP contribution in [0.5, 0.6) is 0 Å². The molecule has 1 heterocycles. The summed E-state index contributed by atoms with van der Waals surface area (Å²) >= 11 is 0. The van der Waals surface area contributed by atoms with Crippen molar-refractivity contribution in [2.24, 2.45) is 0 Å². The van der Waals surface area contributed by atoms with Crippen molar-refractivity contribution in [3.8, 4) is 0 Å². The highest BCUT2D eigenvalue weighted by atomic mass is 16.8. The fourth-order valence-corrected chi connectivity index (χ4v) is 1.80. The number of rotatable bonds is 6. The smallest absolute Gasteiger partial charge is 0.397 e.